The Morgan fingerprint density at radius 2 is 2.15 bits per heavy atom. The molecule has 1 aliphatic rings. The van der Waals surface area contributed by atoms with Crippen molar-refractivity contribution >= 4 is 16.8 Å². The Bertz CT molecular complexity index is 900. The maximum atomic E-state index is 13.1. The second-order valence-corrected chi connectivity index (χ2v) is 6.37. The Hall–Kier alpha value is -2.86. The smallest absolute Gasteiger partial charge is 0.254 e. The van der Waals surface area contributed by atoms with Gasteiger partial charge in [-0.1, -0.05) is 6.07 Å². The fraction of sp³-hybridized carbons (Fsp3) is 0.300. The van der Waals surface area contributed by atoms with E-state index in [1.165, 1.54) is 0 Å². The van der Waals surface area contributed by atoms with E-state index >= 15 is 0 Å². The highest BCUT2D eigenvalue weighted by atomic mass is 16.5. The van der Waals surface area contributed by atoms with Gasteiger partial charge in [0.05, 0.1) is 30.5 Å². The first-order valence-corrected chi connectivity index (χ1v) is 8.79. The summed E-state index contributed by atoms with van der Waals surface area (Å²) in [6.07, 6.45) is 8.46. The summed E-state index contributed by atoms with van der Waals surface area (Å²) >= 11 is 0. The van der Waals surface area contributed by atoms with Crippen molar-refractivity contribution in [3.63, 3.8) is 0 Å². The van der Waals surface area contributed by atoms with Gasteiger partial charge in [-0.25, -0.2) is 0 Å². The predicted octanol–water partition coefficient (Wildman–Crippen LogP) is 2.50. The predicted molar refractivity (Wildman–Crippen MR) is 97.7 cm³/mol. The number of benzene rings is 1. The molecule has 6 nitrogen and oxygen atoms in total. The lowest BCUT2D eigenvalue weighted by molar-refractivity contribution is -0.00412. The molecule has 2 aromatic heterocycles. The first kappa shape index (κ1) is 16.6. The molecule has 0 unspecified atom stereocenters. The number of aromatic nitrogens is 3. The first-order valence-electron chi connectivity index (χ1n) is 8.79. The van der Waals surface area contributed by atoms with Gasteiger partial charge in [0, 0.05) is 42.3 Å². The number of ether oxygens (including phenoxy) is 1. The third-order valence-electron chi connectivity index (χ3n) is 4.69. The summed E-state index contributed by atoms with van der Waals surface area (Å²) in [5.41, 5.74) is 2.52. The van der Waals surface area contributed by atoms with E-state index in [0.29, 0.717) is 25.3 Å². The van der Waals surface area contributed by atoms with Crippen molar-refractivity contribution in [2.45, 2.75) is 18.9 Å². The highest BCUT2D eigenvalue weighted by Crippen LogP contribution is 2.19. The molecule has 1 aliphatic heterocycles. The number of aryl methyl sites for hydroxylation is 1. The Balaban J connectivity index is 1.51. The van der Waals surface area contributed by atoms with Crippen molar-refractivity contribution < 1.29 is 9.53 Å². The van der Waals surface area contributed by atoms with E-state index in [0.717, 1.165) is 29.4 Å². The van der Waals surface area contributed by atoms with E-state index in [9.17, 15) is 4.79 Å². The van der Waals surface area contributed by atoms with Gasteiger partial charge in [-0.05, 0) is 37.1 Å². The third-order valence-corrected chi connectivity index (χ3v) is 4.69. The average Bonchev–Trinajstić information content (AvgIpc) is 2.72. The van der Waals surface area contributed by atoms with Crippen LogP contribution < -0.4 is 0 Å². The Morgan fingerprint density at radius 1 is 1.19 bits per heavy atom. The Morgan fingerprint density at radius 3 is 3.04 bits per heavy atom. The van der Waals surface area contributed by atoms with Crippen LogP contribution in [-0.4, -0.2) is 51.6 Å². The summed E-state index contributed by atoms with van der Waals surface area (Å²) in [6, 6.07) is 9.58. The lowest BCUT2D eigenvalue weighted by Crippen LogP contribution is -2.48. The molecule has 0 bridgehead atoms. The largest absolute Gasteiger partial charge is 0.377 e. The molecular formula is C20H20N4O2. The van der Waals surface area contributed by atoms with E-state index in [2.05, 4.69) is 15.0 Å². The summed E-state index contributed by atoms with van der Waals surface area (Å²) in [7, 11) is 0. The van der Waals surface area contributed by atoms with Gasteiger partial charge in [0.25, 0.3) is 5.91 Å². The minimum Gasteiger partial charge on any atom is -0.377 e. The van der Waals surface area contributed by atoms with Crippen LogP contribution in [0.1, 0.15) is 22.5 Å². The zero-order valence-electron chi connectivity index (χ0n) is 14.4. The van der Waals surface area contributed by atoms with Crippen molar-refractivity contribution in [1.82, 2.24) is 19.9 Å². The topological polar surface area (TPSA) is 68.2 Å². The monoisotopic (exact) mass is 348 g/mol. The van der Waals surface area contributed by atoms with Gasteiger partial charge in [0.2, 0.25) is 0 Å². The van der Waals surface area contributed by atoms with Gasteiger partial charge >= 0.3 is 0 Å². The number of amides is 1. The lowest BCUT2D eigenvalue weighted by Gasteiger charge is -2.35. The zero-order chi connectivity index (χ0) is 17.8. The standard InChI is InChI=1S/C20H20N4O2/c25-20(16-3-6-19-15(12-16)2-1-7-23-19)24-10-11-26-14-18(24)5-4-17-13-21-8-9-22-17/h1-3,6-9,12-13,18H,4-5,10-11,14H2/t18-/m1/s1. The molecular weight excluding hydrogens is 328 g/mol. The van der Waals surface area contributed by atoms with Crippen LogP contribution in [0, 0.1) is 0 Å². The van der Waals surface area contributed by atoms with Gasteiger partial charge in [-0.15, -0.1) is 0 Å². The van der Waals surface area contributed by atoms with Crippen LogP contribution in [0.4, 0.5) is 0 Å². The number of fused-ring (bicyclic) bond motifs is 1. The van der Waals surface area contributed by atoms with Crippen molar-refractivity contribution in [2.24, 2.45) is 0 Å². The van der Waals surface area contributed by atoms with Gasteiger partial charge in [-0.3, -0.25) is 19.7 Å². The SMILES string of the molecule is O=C(c1ccc2ncccc2c1)N1CCOC[C@H]1CCc1cnccn1. The van der Waals surface area contributed by atoms with E-state index in [-0.39, 0.29) is 11.9 Å². The average molecular weight is 348 g/mol. The molecule has 0 radical (unpaired) electrons. The van der Waals surface area contributed by atoms with Crippen LogP contribution in [0.5, 0.6) is 0 Å². The molecule has 3 heterocycles. The van der Waals surface area contributed by atoms with Crippen molar-refractivity contribution in [3.05, 3.63) is 66.4 Å². The minimum atomic E-state index is 0.0443. The summed E-state index contributed by atoms with van der Waals surface area (Å²) in [6.45, 7) is 1.73. The molecule has 1 atom stereocenters. The molecule has 0 N–H and O–H groups in total. The second-order valence-electron chi connectivity index (χ2n) is 6.37. The molecule has 1 saturated heterocycles. The first-order chi connectivity index (χ1) is 12.8. The maximum absolute atomic E-state index is 13.1. The van der Waals surface area contributed by atoms with Gasteiger partial charge in [0.15, 0.2) is 0 Å². The van der Waals surface area contributed by atoms with E-state index in [1.54, 1.807) is 24.8 Å². The fourth-order valence-corrected chi connectivity index (χ4v) is 3.31. The van der Waals surface area contributed by atoms with E-state index < -0.39 is 0 Å². The van der Waals surface area contributed by atoms with Crippen LogP contribution in [0.25, 0.3) is 10.9 Å². The van der Waals surface area contributed by atoms with Crippen molar-refractivity contribution in [2.75, 3.05) is 19.8 Å². The molecule has 1 aromatic carbocycles. The number of hydrogen-bond acceptors (Lipinski definition) is 5. The van der Waals surface area contributed by atoms with Crippen molar-refractivity contribution in [3.8, 4) is 0 Å². The normalized spacial score (nSPS) is 17.4. The molecule has 4 rings (SSSR count). The number of rotatable bonds is 4. The van der Waals surface area contributed by atoms with E-state index in [1.807, 2.05) is 35.2 Å². The number of nitrogens with zero attached hydrogens (tertiary/aromatic N) is 4. The number of carbonyl (C=O) groups is 1. The summed E-state index contributed by atoms with van der Waals surface area (Å²) < 4.78 is 5.62. The molecule has 6 heteroatoms. The summed E-state index contributed by atoms with van der Waals surface area (Å²) in [5, 5.41) is 0.975. The highest BCUT2D eigenvalue weighted by Gasteiger charge is 2.28. The zero-order valence-corrected chi connectivity index (χ0v) is 14.4. The van der Waals surface area contributed by atoms with E-state index in [4.69, 9.17) is 4.74 Å². The van der Waals surface area contributed by atoms with Gasteiger partial charge in [0.1, 0.15) is 0 Å². The molecule has 26 heavy (non-hydrogen) atoms. The Labute approximate surface area is 151 Å². The summed E-state index contributed by atoms with van der Waals surface area (Å²) in [5.74, 6) is 0.0446. The minimum absolute atomic E-state index is 0.0443. The van der Waals surface area contributed by atoms with Crippen molar-refractivity contribution in [1.29, 1.82) is 0 Å². The molecule has 0 aliphatic carbocycles. The Kier molecular flexibility index (Phi) is 4.84. The molecule has 1 amide bonds. The maximum Gasteiger partial charge on any atom is 0.254 e. The van der Waals surface area contributed by atoms with Crippen LogP contribution in [0.2, 0.25) is 0 Å². The second kappa shape index (κ2) is 7.58. The molecule has 3 aromatic rings. The summed E-state index contributed by atoms with van der Waals surface area (Å²) in [4.78, 5) is 27.7. The molecule has 0 spiro atoms. The quantitative estimate of drug-likeness (QED) is 0.725. The molecule has 0 saturated carbocycles. The number of carbonyl (C=O) groups excluding carboxylic acids is 1. The lowest BCUT2D eigenvalue weighted by atomic mass is 10.0. The fourth-order valence-electron chi connectivity index (χ4n) is 3.31. The number of pyridine rings is 1. The molecule has 132 valence electrons. The molecule has 1 fully saturated rings. The third kappa shape index (κ3) is 3.55. The van der Waals surface area contributed by atoms with Crippen LogP contribution in [0.15, 0.2) is 55.1 Å². The van der Waals surface area contributed by atoms with Gasteiger partial charge < -0.3 is 9.64 Å². The highest BCUT2D eigenvalue weighted by molar-refractivity contribution is 5.98. The van der Waals surface area contributed by atoms with Crippen LogP contribution in [-0.2, 0) is 11.2 Å². The number of morpholine rings is 1. The number of hydrogen-bond donors (Lipinski definition) is 0. The van der Waals surface area contributed by atoms with Crippen LogP contribution in [0.3, 0.4) is 0 Å². The van der Waals surface area contributed by atoms with Gasteiger partial charge in [-0.2, -0.15) is 0 Å². The van der Waals surface area contributed by atoms with Crippen LogP contribution >= 0.6 is 0 Å².